The zero-order chi connectivity index (χ0) is 11.6. The first kappa shape index (κ1) is 12.3. The molecule has 0 fully saturated rings. The van der Waals surface area contributed by atoms with Gasteiger partial charge in [-0.05, 0) is 24.6 Å². The average molecular weight is 229 g/mol. The summed E-state index contributed by atoms with van der Waals surface area (Å²) < 4.78 is 5.24. The number of aliphatic hydroxyl groups excluding tert-OH is 1. The van der Waals surface area contributed by atoms with Gasteiger partial charge in [-0.15, -0.1) is 0 Å². The van der Waals surface area contributed by atoms with Crippen molar-refractivity contribution < 1.29 is 9.84 Å². The summed E-state index contributed by atoms with van der Waals surface area (Å²) in [4.78, 5) is 0. The summed E-state index contributed by atoms with van der Waals surface area (Å²) in [6.07, 6.45) is 0. The summed E-state index contributed by atoms with van der Waals surface area (Å²) in [6.45, 7) is 5.92. The topological polar surface area (TPSA) is 29.5 Å². The Balaban J connectivity index is 3.28. The molecule has 0 saturated heterocycles. The molecule has 1 aromatic carbocycles. The fourth-order valence-corrected chi connectivity index (χ4v) is 1.56. The predicted octanol–water partition coefficient (Wildman–Crippen LogP) is 2.93. The van der Waals surface area contributed by atoms with Gasteiger partial charge in [-0.1, -0.05) is 25.4 Å². The first-order valence-corrected chi connectivity index (χ1v) is 5.25. The highest BCUT2D eigenvalue weighted by Crippen LogP contribution is 2.33. The summed E-state index contributed by atoms with van der Waals surface area (Å²) in [5, 5.41) is 9.96. The predicted molar refractivity (Wildman–Crippen MR) is 62.9 cm³/mol. The number of methoxy groups -OCH3 is 1. The van der Waals surface area contributed by atoms with Gasteiger partial charge in [0.2, 0.25) is 0 Å². The maximum atomic E-state index is 9.29. The third-order valence-corrected chi connectivity index (χ3v) is 3.09. The highest BCUT2D eigenvalue weighted by Gasteiger charge is 2.21. The van der Waals surface area contributed by atoms with Gasteiger partial charge in [0.1, 0.15) is 5.75 Å². The molecule has 0 aliphatic rings. The second-order valence-corrected chi connectivity index (χ2v) is 4.73. The summed E-state index contributed by atoms with van der Waals surface area (Å²) in [6, 6.07) is 3.81. The van der Waals surface area contributed by atoms with Gasteiger partial charge >= 0.3 is 0 Å². The molecule has 0 atom stereocenters. The van der Waals surface area contributed by atoms with Crippen LogP contribution in [0.3, 0.4) is 0 Å². The van der Waals surface area contributed by atoms with E-state index in [1.807, 2.05) is 32.9 Å². The number of hydrogen-bond acceptors (Lipinski definition) is 2. The number of aliphatic hydroxyl groups is 1. The molecule has 0 bridgehead atoms. The van der Waals surface area contributed by atoms with E-state index >= 15 is 0 Å². The van der Waals surface area contributed by atoms with E-state index in [1.54, 1.807) is 7.11 Å². The van der Waals surface area contributed by atoms with Crippen LogP contribution in [0.15, 0.2) is 12.1 Å². The molecule has 0 unspecified atom stereocenters. The zero-order valence-corrected chi connectivity index (χ0v) is 10.4. The first-order chi connectivity index (χ1) is 6.92. The van der Waals surface area contributed by atoms with Crippen LogP contribution in [0.5, 0.6) is 5.75 Å². The number of benzene rings is 1. The minimum absolute atomic E-state index is 0.0789. The van der Waals surface area contributed by atoms with Gasteiger partial charge in [-0.2, -0.15) is 0 Å². The van der Waals surface area contributed by atoms with Crippen LogP contribution < -0.4 is 4.74 Å². The van der Waals surface area contributed by atoms with Crippen molar-refractivity contribution in [3.8, 4) is 5.75 Å². The van der Waals surface area contributed by atoms with Crippen molar-refractivity contribution in [2.24, 2.45) is 0 Å². The first-order valence-electron chi connectivity index (χ1n) is 4.88. The minimum atomic E-state index is -0.301. The number of hydrogen-bond donors (Lipinski definition) is 1. The Morgan fingerprint density at radius 3 is 2.47 bits per heavy atom. The molecule has 0 radical (unpaired) electrons. The molecule has 84 valence electrons. The lowest BCUT2D eigenvalue weighted by Crippen LogP contribution is -2.22. The highest BCUT2D eigenvalue weighted by molar-refractivity contribution is 6.31. The Morgan fingerprint density at radius 2 is 2.00 bits per heavy atom. The molecule has 3 heteroatoms. The maximum absolute atomic E-state index is 9.29. The molecule has 1 rings (SSSR count). The number of halogens is 1. The summed E-state index contributed by atoms with van der Waals surface area (Å²) in [5.74, 6) is 0.763. The van der Waals surface area contributed by atoms with Crippen molar-refractivity contribution in [2.45, 2.75) is 26.2 Å². The fourth-order valence-electron chi connectivity index (χ4n) is 1.35. The van der Waals surface area contributed by atoms with Gasteiger partial charge in [-0.25, -0.2) is 0 Å². The quantitative estimate of drug-likeness (QED) is 0.862. The Morgan fingerprint density at radius 1 is 1.40 bits per heavy atom. The van der Waals surface area contributed by atoms with E-state index in [2.05, 4.69) is 0 Å². The van der Waals surface area contributed by atoms with Crippen molar-refractivity contribution in [1.29, 1.82) is 0 Å². The lowest BCUT2D eigenvalue weighted by molar-refractivity contribution is 0.218. The van der Waals surface area contributed by atoms with Crippen molar-refractivity contribution in [1.82, 2.24) is 0 Å². The van der Waals surface area contributed by atoms with E-state index in [0.717, 1.165) is 16.9 Å². The summed E-state index contributed by atoms with van der Waals surface area (Å²) >= 11 is 6.10. The van der Waals surface area contributed by atoms with Crippen molar-refractivity contribution in [2.75, 3.05) is 13.7 Å². The van der Waals surface area contributed by atoms with Crippen LogP contribution in [-0.2, 0) is 5.41 Å². The van der Waals surface area contributed by atoms with Gasteiger partial charge in [0.25, 0.3) is 0 Å². The van der Waals surface area contributed by atoms with E-state index in [4.69, 9.17) is 16.3 Å². The average Bonchev–Trinajstić information content (AvgIpc) is 2.21. The number of rotatable bonds is 3. The van der Waals surface area contributed by atoms with E-state index in [9.17, 15) is 5.11 Å². The van der Waals surface area contributed by atoms with Crippen molar-refractivity contribution in [3.05, 3.63) is 28.3 Å². The Bertz CT molecular complexity index is 359. The zero-order valence-electron chi connectivity index (χ0n) is 9.60. The Kier molecular flexibility index (Phi) is 3.63. The molecule has 0 spiro atoms. The molecule has 0 aromatic heterocycles. The smallest absolute Gasteiger partial charge is 0.123 e. The molecule has 0 aliphatic carbocycles. The molecule has 0 amide bonds. The lowest BCUT2D eigenvalue weighted by Gasteiger charge is -2.23. The van der Waals surface area contributed by atoms with Crippen LogP contribution in [0.1, 0.15) is 25.0 Å². The molecular weight excluding hydrogens is 212 g/mol. The van der Waals surface area contributed by atoms with Gasteiger partial charge in [0.05, 0.1) is 13.7 Å². The molecular formula is C12H17ClO2. The summed E-state index contributed by atoms with van der Waals surface area (Å²) in [7, 11) is 1.62. The third kappa shape index (κ3) is 2.44. The van der Waals surface area contributed by atoms with Crippen molar-refractivity contribution >= 4 is 11.6 Å². The largest absolute Gasteiger partial charge is 0.496 e. The second-order valence-electron chi connectivity index (χ2n) is 4.33. The SMILES string of the molecule is COc1cc(C(C)(C)CO)cc(Cl)c1C. The molecule has 1 aromatic rings. The Hall–Kier alpha value is -0.730. The van der Waals surface area contributed by atoms with Crippen molar-refractivity contribution in [3.63, 3.8) is 0 Å². The second kappa shape index (κ2) is 4.42. The lowest BCUT2D eigenvalue weighted by atomic mass is 9.85. The molecule has 0 saturated carbocycles. The van der Waals surface area contributed by atoms with E-state index in [1.165, 1.54) is 0 Å². The summed E-state index contributed by atoms with van der Waals surface area (Å²) in [5.41, 5.74) is 1.61. The molecule has 15 heavy (non-hydrogen) atoms. The van der Waals surface area contributed by atoms with E-state index in [0.29, 0.717) is 5.02 Å². The molecule has 1 N–H and O–H groups in total. The van der Waals surface area contributed by atoms with E-state index < -0.39 is 0 Å². The Labute approximate surface area is 95.8 Å². The van der Waals surface area contributed by atoms with Crippen LogP contribution in [0.4, 0.5) is 0 Å². The normalized spacial score (nSPS) is 11.6. The maximum Gasteiger partial charge on any atom is 0.123 e. The molecule has 0 heterocycles. The van der Waals surface area contributed by atoms with Crippen LogP contribution in [0.2, 0.25) is 5.02 Å². The van der Waals surface area contributed by atoms with Crippen LogP contribution in [0, 0.1) is 6.92 Å². The van der Waals surface area contributed by atoms with Gasteiger partial charge in [-0.3, -0.25) is 0 Å². The number of ether oxygens (including phenoxy) is 1. The monoisotopic (exact) mass is 228 g/mol. The van der Waals surface area contributed by atoms with Crippen LogP contribution in [-0.4, -0.2) is 18.8 Å². The van der Waals surface area contributed by atoms with Gasteiger partial charge in [0.15, 0.2) is 0 Å². The van der Waals surface area contributed by atoms with E-state index in [-0.39, 0.29) is 12.0 Å². The fraction of sp³-hybridized carbons (Fsp3) is 0.500. The van der Waals surface area contributed by atoms with Crippen LogP contribution in [0.25, 0.3) is 0 Å². The van der Waals surface area contributed by atoms with Gasteiger partial charge < -0.3 is 9.84 Å². The van der Waals surface area contributed by atoms with Crippen LogP contribution >= 0.6 is 11.6 Å². The minimum Gasteiger partial charge on any atom is -0.496 e. The molecule has 2 nitrogen and oxygen atoms in total. The highest BCUT2D eigenvalue weighted by atomic mass is 35.5. The standard InChI is InChI=1S/C12H17ClO2/c1-8-10(13)5-9(6-11(8)15-4)12(2,3)7-14/h5-6,14H,7H2,1-4H3. The molecule has 0 aliphatic heterocycles. The van der Waals surface area contributed by atoms with Gasteiger partial charge in [0, 0.05) is 16.0 Å². The third-order valence-electron chi connectivity index (χ3n) is 2.69.